The van der Waals surface area contributed by atoms with Crippen LogP contribution in [0.1, 0.15) is 13.0 Å². The zero-order chi connectivity index (χ0) is 18.8. The van der Waals surface area contributed by atoms with Crippen molar-refractivity contribution < 1.29 is 4.79 Å². The van der Waals surface area contributed by atoms with Gasteiger partial charge in [0, 0.05) is 32.4 Å². The maximum atomic E-state index is 12.9. The highest BCUT2D eigenvalue weighted by Gasteiger charge is 2.27. The first-order chi connectivity index (χ1) is 13.1. The fourth-order valence-corrected chi connectivity index (χ4v) is 3.32. The van der Waals surface area contributed by atoms with E-state index >= 15 is 0 Å². The van der Waals surface area contributed by atoms with Gasteiger partial charge in [0.1, 0.15) is 17.4 Å². The molecule has 1 aromatic carbocycles. The van der Waals surface area contributed by atoms with Gasteiger partial charge in [-0.05, 0) is 31.2 Å². The molecule has 4 rings (SSSR count). The van der Waals surface area contributed by atoms with Crippen molar-refractivity contribution in [3.05, 3.63) is 59.0 Å². The molecule has 0 spiro atoms. The summed E-state index contributed by atoms with van der Waals surface area (Å²) in [6.45, 7) is 4.25. The molecule has 1 unspecified atom stereocenters. The molecule has 1 amide bonds. The number of piperazine rings is 1. The molecule has 1 atom stereocenters. The Labute approximate surface area is 156 Å². The third-order valence-electron chi connectivity index (χ3n) is 4.88. The molecule has 0 aliphatic carbocycles. The molecular weight excluding hydrogens is 344 g/mol. The van der Waals surface area contributed by atoms with Gasteiger partial charge in [0.05, 0.1) is 5.39 Å². The van der Waals surface area contributed by atoms with Crippen LogP contribution in [0, 0.1) is 0 Å². The zero-order valence-corrected chi connectivity index (χ0v) is 15.0. The van der Waals surface area contributed by atoms with Crippen molar-refractivity contribution in [2.75, 3.05) is 31.1 Å². The van der Waals surface area contributed by atoms with E-state index in [-0.39, 0.29) is 11.5 Å². The first kappa shape index (κ1) is 17.1. The molecule has 138 valence electrons. The van der Waals surface area contributed by atoms with Crippen LogP contribution in [0.3, 0.4) is 0 Å². The minimum Gasteiger partial charge on any atom is -0.353 e. The average molecular weight is 364 g/mol. The lowest BCUT2D eigenvalue weighted by Gasteiger charge is -2.36. The Morgan fingerprint density at radius 1 is 1.04 bits per heavy atom. The highest BCUT2D eigenvalue weighted by molar-refractivity contribution is 5.81. The largest absolute Gasteiger partial charge is 0.353 e. The lowest BCUT2D eigenvalue weighted by atomic mass is 10.2. The predicted octanol–water partition coefficient (Wildman–Crippen LogP) is 1.10. The van der Waals surface area contributed by atoms with Crippen molar-refractivity contribution in [3.8, 4) is 0 Å². The Balaban J connectivity index is 1.49. The number of nitrogens with zero attached hydrogens (tertiary/aromatic N) is 6. The SMILES string of the molecule is CC(C(=O)N1CCN(c2ccccn2)CC1)n1nnc2ccccc2c1=O. The molecule has 1 saturated heterocycles. The highest BCUT2D eigenvalue weighted by Crippen LogP contribution is 2.15. The molecule has 1 fully saturated rings. The van der Waals surface area contributed by atoms with E-state index in [2.05, 4.69) is 20.2 Å². The Morgan fingerprint density at radius 3 is 2.52 bits per heavy atom. The van der Waals surface area contributed by atoms with Gasteiger partial charge in [0.2, 0.25) is 5.91 Å². The second kappa shape index (κ2) is 7.14. The number of anilines is 1. The van der Waals surface area contributed by atoms with Crippen molar-refractivity contribution in [1.29, 1.82) is 0 Å². The molecule has 1 aliphatic heterocycles. The van der Waals surface area contributed by atoms with Crippen molar-refractivity contribution in [3.63, 3.8) is 0 Å². The van der Waals surface area contributed by atoms with E-state index in [1.165, 1.54) is 4.68 Å². The van der Waals surface area contributed by atoms with Gasteiger partial charge >= 0.3 is 0 Å². The number of benzene rings is 1. The van der Waals surface area contributed by atoms with Crippen LogP contribution in [0.5, 0.6) is 0 Å². The first-order valence-electron chi connectivity index (χ1n) is 8.94. The topological polar surface area (TPSA) is 84.2 Å². The number of pyridine rings is 1. The van der Waals surface area contributed by atoms with Crippen molar-refractivity contribution in [2.24, 2.45) is 0 Å². The van der Waals surface area contributed by atoms with Gasteiger partial charge in [-0.1, -0.05) is 23.4 Å². The molecule has 0 radical (unpaired) electrons. The second-order valence-corrected chi connectivity index (χ2v) is 6.53. The summed E-state index contributed by atoms with van der Waals surface area (Å²) in [6, 6.07) is 12.1. The molecule has 8 nitrogen and oxygen atoms in total. The second-order valence-electron chi connectivity index (χ2n) is 6.53. The Morgan fingerprint density at radius 2 is 1.78 bits per heavy atom. The average Bonchev–Trinajstić information content (AvgIpc) is 2.74. The number of amides is 1. The third kappa shape index (κ3) is 3.25. The van der Waals surface area contributed by atoms with E-state index in [1.54, 1.807) is 42.3 Å². The van der Waals surface area contributed by atoms with Gasteiger partial charge in [-0.15, -0.1) is 5.10 Å². The van der Waals surface area contributed by atoms with E-state index in [1.807, 2.05) is 18.2 Å². The predicted molar refractivity (Wildman–Crippen MR) is 102 cm³/mol. The molecular formula is C19H20N6O2. The fourth-order valence-electron chi connectivity index (χ4n) is 3.32. The molecule has 3 aromatic rings. The maximum absolute atomic E-state index is 12.9. The summed E-state index contributed by atoms with van der Waals surface area (Å²) in [5.41, 5.74) is 0.232. The van der Waals surface area contributed by atoms with Crippen LogP contribution in [0.25, 0.3) is 10.9 Å². The van der Waals surface area contributed by atoms with E-state index in [0.29, 0.717) is 37.1 Å². The van der Waals surface area contributed by atoms with Crippen molar-refractivity contribution in [2.45, 2.75) is 13.0 Å². The maximum Gasteiger partial charge on any atom is 0.278 e. The van der Waals surface area contributed by atoms with Crippen LogP contribution >= 0.6 is 0 Å². The summed E-state index contributed by atoms with van der Waals surface area (Å²) >= 11 is 0. The summed E-state index contributed by atoms with van der Waals surface area (Å²) in [4.78, 5) is 33.8. The Bertz CT molecular complexity index is 1010. The number of fused-ring (bicyclic) bond motifs is 1. The Hall–Kier alpha value is -3.29. The van der Waals surface area contributed by atoms with Crippen molar-refractivity contribution >= 4 is 22.6 Å². The van der Waals surface area contributed by atoms with E-state index in [0.717, 1.165) is 5.82 Å². The van der Waals surface area contributed by atoms with Crippen LogP contribution in [0.15, 0.2) is 53.5 Å². The van der Waals surface area contributed by atoms with Gasteiger partial charge in [-0.25, -0.2) is 4.98 Å². The standard InChI is InChI=1S/C19H20N6O2/c1-14(25-19(27)15-6-2-3-7-16(15)21-22-25)18(26)24-12-10-23(11-13-24)17-8-4-5-9-20-17/h2-9,14H,10-13H2,1H3. The normalized spacial score (nSPS) is 15.7. The number of carbonyl (C=O) groups excluding carboxylic acids is 1. The summed E-state index contributed by atoms with van der Waals surface area (Å²) in [7, 11) is 0. The van der Waals surface area contributed by atoms with Gasteiger partial charge in [0.25, 0.3) is 5.56 Å². The van der Waals surface area contributed by atoms with E-state index < -0.39 is 6.04 Å². The molecule has 3 heterocycles. The van der Waals surface area contributed by atoms with Crippen LogP contribution in [0.4, 0.5) is 5.82 Å². The molecule has 0 bridgehead atoms. The van der Waals surface area contributed by atoms with E-state index in [4.69, 9.17) is 0 Å². The van der Waals surface area contributed by atoms with Gasteiger partial charge in [-0.3, -0.25) is 9.59 Å². The summed E-state index contributed by atoms with van der Waals surface area (Å²) < 4.78 is 1.18. The smallest absolute Gasteiger partial charge is 0.278 e. The molecule has 0 saturated carbocycles. The number of carbonyl (C=O) groups is 1. The summed E-state index contributed by atoms with van der Waals surface area (Å²) in [5.74, 6) is 0.789. The van der Waals surface area contributed by atoms with E-state index in [9.17, 15) is 9.59 Å². The monoisotopic (exact) mass is 364 g/mol. The van der Waals surface area contributed by atoms with Crippen LogP contribution < -0.4 is 10.5 Å². The Kier molecular flexibility index (Phi) is 4.53. The van der Waals surface area contributed by atoms with Gasteiger partial charge < -0.3 is 9.80 Å². The number of aromatic nitrogens is 4. The van der Waals surface area contributed by atoms with Crippen LogP contribution in [-0.4, -0.2) is 57.0 Å². The lowest BCUT2D eigenvalue weighted by molar-refractivity contribution is -0.135. The van der Waals surface area contributed by atoms with Gasteiger partial charge in [0.15, 0.2) is 0 Å². The quantitative estimate of drug-likeness (QED) is 0.692. The minimum absolute atomic E-state index is 0.123. The minimum atomic E-state index is -0.698. The highest BCUT2D eigenvalue weighted by atomic mass is 16.2. The van der Waals surface area contributed by atoms with Crippen LogP contribution in [-0.2, 0) is 4.79 Å². The van der Waals surface area contributed by atoms with Crippen molar-refractivity contribution in [1.82, 2.24) is 24.9 Å². The number of hydrogen-bond donors (Lipinski definition) is 0. The number of rotatable bonds is 3. The summed E-state index contributed by atoms with van der Waals surface area (Å²) in [5, 5.41) is 8.50. The fraction of sp³-hybridized carbons (Fsp3) is 0.316. The lowest BCUT2D eigenvalue weighted by Crippen LogP contribution is -2.51. The third-order valence-corrected chi connectivity index (χ3v) is 4.88. The van der Waals surface area contributed by atoms with Gasteiger partial charge in [-0.2, -0.15) is 4.68 Å². The van der Waals surface area contributed by atoms with Crippen LogP contribution in [0.2, 0.25) is 0 Å². The molecule has 27 heavy (non-hydrogen) atoms. The number of hydrogen-bond acceptors (Lipinski definition) is 6. The molecule has 1 aliphatic rings. The summed E-state index contributed by atoms with van der Waals surface area (Å²) in [6.07, 6.45) is 1.76. The first-order valence-corrected chi connectivity index (χ1v) is 8.94. The zero-order valence-electron chi connectivity index (χ0n) is 15.0. The molecule has 2 aromatic heterocycles. The molecule has 8 heteroatoms. The molecule has 0 N–H and O–H groups in total.